The van der Waals surface area contributed by atoms with Gasteiger partial charge in [0, 0.05) is 5.69 Å². The molecule has 0 saturated heterocycles. The van der Waals surface area contributed by atoms with Gasteiger partial charge in [-0.05, 0) is 73.6 Å². The molecule has 144 valence electrons. The maximum atomic E-state index is 9.18. The van der Waals surface area contributed by atoms with Crippen LogP contribution in [-0.4, -0.2) is 22.4 Å². The highest BCUT2D eigenvalue weighted by Gasteiger charge is 2.15. The molecule has 0 amide bonds. The van der Waals surface area contributed by atoms with Crippen LogP contribution in [0.25, 0.3) is 11.0 Å². The molecule has 1 N–H and O–H groups in total. The van der Waals surface area contributed by atoms with E-state index in [1.807, 2.05) is 38.6 Å². The lowest BCUT2D eigenvalue weighted by Crippen LogP contribution is -2.03. The van der Waals surface area contributed by atoms with Crippen LogP contribution in [0.1, 0.15) is 22.3 Å². The Balaban J connectivity index is 1.76. The third-order valence-corrected chi connectivity index (χ3v) is 4.75. The molecular formula is C22H17BN6O. The van der Waals surface area contributed by atoms with E-state index >= 15 is 0 Å². The highest BCUT2D eigenvalue weighted by molar-refractivity contribution is 6.11. The largest absolute Gasteiger partial charge is 0.438 e. The maximum Gasteiger partial charge on any atom is 0.233 e. The van der Waals surface area contributed by atoms with E-state index in [2.05, 4.69) is 27.4 Å². The highest BCUT2D eigenvalue weighted by atomic mass is 16.5. The number of nitriles is 2. The fourth-order valence-corrected chi connectivity index (χ4v) is 3.27. The number of nitrogens with one attached hydrogen (secondary N) is 1. The second-order valence-electron chi connectivity index (χ2n) is 6.98. The van der Waals surface area contributed by atoms with E-state index < -0.39 is 0 Å². The first-order valence-corrected chi connectivity index (χ1v) is 9.28. The molecule has 0 saturated carbocycles. The summed E-state index contributed by atoms with van der Waals surface area (Å²) in [6.07, 6.45) is 1.90. The smallest absolute Gasteiger partial charge is 0.233 e. The summed E-state index contributed by atoms with van der Waals surface area (Å²) in [6, 6.07) is 16.8. The van der Waals surface area contributed by atoms with Crippen molar-refractivity contribution in [3.05, 3.63) is 70.9 Å². The SMILES string of the molecule is Bn1ccc2c(Oc3c(C)cc(C#N)cc3C)nc(Nc3ccc(C#N)cc3)nc21. The Morgan fingerprint density at radius 3 is 2.27 bits per heavy atom. The number of nitrogens with zero attached hydrogens (tertiary/aromatic N) is 5. The first-order valence-electron chi connectivity index (χ1n) is 9.28. The lowest BCUT2D eigenvalue weighted by molar-refractivity contribution is 0.462. The molecule has 0 spiro atoms. The molecule has 2 aromatic heterocycles. The average molecular weight is 392 g/mol. The predicted molar refractivity (Wildman–Crippen MR) is 117 cm³/mol. The van der Waals surface area contributed by atoms with Crippen molar-refractivity contribution in [2.24, 2.45) is 0 Å². The average Bonchev–Trinajstić information content (AvgIpc) is 3.12. The zero-order chi connectivity index (χ0) is 21.3. The quantitative estimate of drug-likeness (QED) is 0.532. The van der Waals surface area contributed by atoms with Crippen molar-refractivity contribution in [2.75, 3.05) is 5.32 Å². The van der Waals surface area contributed by atoms with Crippen molar-refractivity contribution in [3.63, 3.8) is 0 Å². The number of anilines is 2. The molecule has 0 bridgehead atoms. The summed E-state index contributed by atoms with van der Waals surface area (Å²) in [5.74, 6) is 1.47. The fraction of sp³-hybridized carbons (Fsp3) is 0.0909. The molecule has 8 heteroatoms. The molecular weight excluding hydrogens is 375 g/mol. The molecule has 2 aromatic carbocycles. The van der Waals surface area contributed by atoms with Gasteiger partial charge in [0.05, 0.1) is 28.7 Å². The van der Waals surface area contributed by atoms with E-state index in [1.54, 1.807) is 36.4 Å². The molecule has 0 radical (unpaired) electrons. The third-order valence-electron chi connectivity index (χ3n) is 4.75. The topological polar surface area (TPSA) is 99.5 Å². The molecule has 4 aromatic rings. The van der Waals surface area contributed by atoms with Gasteiger partial charge in [-0.1, -0.05) is 0 Å². The molecule has 30 heavy (non-hydrogen) atoms. The van der Waals surface area contributed by atoms with Crippen molar-refractivity contribution in [3.8, 4) is 23.8 Å². The molecule has 0 aliphatic carbocycles. The zero-order valence-corrected chi connectivity index (χ0v) is 16.8. The highest BCUT2D eigenvalue weighted by Crippen LogP contribution is 2.33. The van der Waals surface area contributed by atoms with Crippen LogP contribution in [-0.2, 0) is 0 Å². The Bertz CT molecular complexity index is 1320. The van der Waals surface area contributed by atoms with E-state index in [4.69, 9.17) is 10.00 Å². The van der Waals surface area contributed by atoms with E-state index in [0.717, 1.165) is 27.8 Å². The van der Waals surface area contributed by atoms with Crippen LogP contribution in [0.4, 0.5) is 11.6 Å². The van der Waals surface area contributed by atoms with Crippen LogP contribution in [0.15, 0.2) is 48.7 Å². The summed E-state index contributed by atoms with van der Waals surface area (Å²) >= 11 is 0. The number of rotatable bonds is 4. The Kier molecular flexibility index (Phi) is 4.83. The molecule has 0 atom stereocenters. The van der Waals surface area contributed by atoms with Crippen LogP contribution in [0.3, 0.4) is 0 Å². The minimum atomic E-state index is 0.382. The first-order chi connectivity index (χ1) is 14.5. The first kappa shape index (κ1) is 19.0. The maximum absolute atomic E-state index is 9.18. The Morgan fingerprint density at radius 2 is 1.63 bits per heavy atom. The van der Waals surface area contributed by atoms with Gasteiger partial charge in [0.15, 0.2) is 0 Å². The zero-order valence-electron chi connectivity index (χ0n) is 16.8. The van der Waals surface area contributed by atoms with Gasteiger partial charge in [-0.2, -0.15) is 20.5 Å². The lowest BCUT2D eigenvalue weighted by Gasteiger charge is -2.14. The van der Waals surface area contributed by atoms with Crippen molar-refractivity contribution >= 4 is 30.7 Å². The number of hydrogen-bond acceptors (Lipinski definition) is 6. The van der Waals surface area contributed by atoms with Crippen LogP contribution >= 0.6 is 0 Å². The molecule has 0 aliphatic heterocycles. The van der Waals surface area contributed by atoms with Gasteiger partial charge in [0.2, 0.25) is 19.8 Å². The van der Waals surface area contributed by atoms with E-state index in [-0.39, 0.29) is 0 Å². The van der Waals surface area contributed by atoms with E-state index in [1.165, 1.54) is 0 Å². The van der Waals surface area contributed by atoms with Crippen molar-refractivity contribution in [1.82, 2.24) is 14.4 Å². The van der Waals surface area contributed by atoms with Crippen molar-refractivity contribution in [1.29, 1.82) is 10.5 Å². The fourth-order valence-electron chi connectivity index (χ4n) is 3.27. The molecule has 4 rings (SSSR count). The lowest BCUT2D eigenvalue weighted by atomic mass is 10.1. The summed E-state index contributed by atoms with van der Waals surface area (Å²) in [7, 11) is 1.91. The van der Waals surface area contributed by atoms with Crippen molar-refractivity contribution < 1.29 is 4.74 Å². The van der Waals surface area contributed by atoms with Gasteiger partial charge in [0.1, 0.15) is 11.4 Å². The minimum Gasteiger partial charge on any atom is -0.438 e. The van der Waals surface area contributed by atoms with Crippen LogP contribution in [0.2, 0.25) is 0 Å². The van der Waals surface area contributed by atoms with Crippen LogP contribution < -0.4 is 10.1 Å². The van der Waals surface area contributed by atoms with E-state index in [0.29, 0.717) is 28.7 Å². The summed E-state index contributed by atoms with van der Waals surface area (Å²) in [5.41, 5.74) is 4.37. The number of benzene rings is 2. The van der Waals surface area contributed by atoms with Gasteiger partial charge in [-0.25, -0.2) is 0 Å². The van der Waals surface area contributed by atoms with Crippen molar-refractivity contribution in [2.45, 2.75) is 13.8 Å². The third kappa shape index (κ3) is 3.55. The summed E-state index contributed by atoms with van der Waals surface area (Å²) < 4.78 is 8.12. The summed E-state index contributed by atoms with van der Waals surface area (Å²) in [4.78, 5) is 9.18. The number of aryl methyl sites for hydroxylation is 2. The van der Waals surface area contributed by atoms with Gasteiger partial charge >= 0.3 is 0 Å². The van der Waals surface area contributed by atoms with Gasteiger partial charge in [-0.3, -0.25) is 0 Å². The number of aromatic nitrogens is 3. The molecule has 7 nitrogen and oxygen atoms in total. The van der Waals surface area contributed by atoms with Gasteiger partial charge in [-0.15, -0.1) is 0 Å². The molecule has 0 aliphatic rings. The predicted octanol–water partition coefficient (Wildman–Crippen LogP) is 3.72. The van der Waals surface area contributed by atoms with Crippen LogP contribution in [0.5, 0.6) is 11.6 Å². The summed E-state index contributed by atoms with van der Waals surface area (Å²) in [5, 5.41) is 22.1. The minimum absolute atomic E-state index is 0.382. The standard InChI is InChI=1S/C22H17BN6O/c1-13-9-16(12-25)10-14(2)19(13)30-21-18-7-8-29(23)20(18)27-22(28-21)26-17-5-3-15(11-24)4-6-17/h3-10H,23H2,1-2H3,(H,26,27,28). The molecule has 0 unspecified atom stereocenters. The second-order valence-corrected chi connectivity index (χ2v) is 6.98. The number of ether oxygens (including phenoxy) is 1. The molecule has 2 heterocycles. The Hall–Kier alpha value is -4.30. The van der Waals surface area contributed by atoms with Gasteiger partial charge in [0.25, 0.3) is 0 Å². The van der Waals surface area contributed by atoms with Crippen LogP contribution in [0, 0.1) is 36.5 Å². The summed E-state index contributed by atoms with van der Waals surface area (Å²) in [6.45, 7) is 3.81. The Labute approximate surface area is 174 Å². The normalized spacial score (nSPS) is 10.4. The number of hydrogen-bond donors (Lipinski definition) is 1. The van der Waals surface area contributed by atoms with E-state index in [9.17, 15) is 5.26 Å². The van der Waals surface area contributed by atoms with Gasteiger partial charge < -0.3 is 14.5 Å². The monoisotopic (exact) mass is 392 g/mol. The number of fused-ring (bicyclic) bond motifs is 1. The molecule has 0 fully saturated rings. The Morgan fingerprint density at radius 1 is 0.967 bits per heavy atom. The second kappa shape index (κ2) is 7.61.